The predicted molar refractivity (Wildman–Crippen MR) is 130 cm³/mol. The van der Waals surface area contributed by atoms with Crippen LogP contribution in [0.5, 0.6) is 11.5 Å². The molecule has 0 saturated carbocycles. The molecule has 0 radical (unpaired) electrons. The van der Waals surface area contributed by atoms with E-state index >= 15 is 0 Å². The Kier molecular flexibility index (Phi) is 7.62. The van der Waals surface area contributed by atoms with Gasteiger partial charge in [-0.1, -0.05) is 78.1 Å². The Hall–Kier alpha value is -4.48. The van der Waals surface area contributed by atoms with E-state index < -0.39 is 5.91 Å². The molecule has 4 rings (SSSR count). The molecule has 8 heteroatoms. The lowest BCUT2D eigenvalue weighted by molar-refractivity contribution is -0.112. The molecule has 0 spiro atoms. The Labute approximate surface area is 200 Å². The molecule has 7 nitrogen and oxygen atoms in total. The molecule has 0 aliphatic rings. The fourth-order valence-corrected chi connectivity index (χ4v) is 3.46. The van der Waals surface area contributed by atoms with Crippen LogP contribution in [0.15, 0.2) is 89.9 Å². The summed E-state index contributed by atoms with van der Waals surface area (Å²) in [5.74, 6) is 0.513. The predicted octanol–water partition coefficient (Wildman–Crippen LogP) is 5.24. The Morgan fingerprint density at radius 2 is 1.59 bits per heavy atom. The van der Waals surface area contributed by atoms with Gasteiger partial charge in [-0.2, -0.15) is 5.26 Å². The summed E-state index contributed by atoms with van der Waals surface area (Å²) in [4.78, 5) is 12.4. The first-order valence-corrected chi connectivity index (χ1v) is 11.3. The monoisotopic (exact) mass is 468 g/mol. The molecule has 1 heterocycles. The zero-order valence-electron chi connectivity index (χ0n) is 18.0. The van der Waals surface area contributed by atoms with E-state index in [4.69, 9.17) is 9.47 Å². The number of nitrogens with zero attached hydrogens (tertiary/aromatic N) is 3. The number of nitrogens with one attached hydrogen (secondary N) is 1. The SMILES string of the molecule is N#C/C(=C\c1ccc(OCc2ccccc2)c(OCc2ccccc2)c1)C(=O)Nc1nncs1. The number of aromatic nitrogens is 2. The lowest BCUT2D eigenvalue weighted by Crippen LogP contribution is -2.13. The summed E-state index contributed by atoms with van der Waals surface area (Å²) in [5, 5.41) is 19.8. The molecule has 0 fully saturated rings. The molecule has 0 bridgehead atoms. The van der Waals surface area contributed by atoms with Gasteiger partial charge < -0.3 is 9.47 Å². The van der Waals surface area contributed by atoms with Crippen LogP contribution in [0.4, 0.5) is 5.13 Å². The second kappa shape index (κ2) is 11.4. The van der Waals surface area contributed by atoms with E-state index in [0.717, 1.165) is 11.1 Å². The van der Waals surface area contributed by atoms with E-state index in [2.05, 4.69) is 15.5 Å². The maximum atomic E-state index is 12.4. The number of anilines is 1. The summed E-state index contributed by atoms with van der Waals surface area (Å²) in [6, 6.07) is 26.8. The maximum Gasteiger partial charge on any atom is 0.268 e. The van der Waals surface area contributed by atoms with Gasteiger partial charge in [0.05, 0.1) is 0 Å². The fraction of sp³-hybridized carbons (Fsp3) is 0.0769. The van der Waals surface area contributed by atoms with E-state index in [-0.39, 0.29) is 5.57 Å². The van der Waals surface area contributed by atoms with Gasteiger partial charge >= 0.3 is 0 Å². The summed E-state index contributed by atoms with van der Waals surface area (Å²) in [6.45, 7) is 0.726. The van der Waals surface area contributed by atoms with Crippen LogP contribution >= 0.6 is 11.3 Å². The Balaban J connectivity index is 1.56. The third-order valence-corrected chi connectivity index (χ3v) is 5.31. The first-order valence-electron chi connectivity index (χ1n) is 10.4. The Bertz CT molecular complexity index is 1300. The van der Waals surface area contributed by atoms with Crippen LogP contribution in [0.25, 0.3) is 6.08 Å². The third-order valence-electron chi connectivity index (χ3n) is 4.70. The molecule has 34 heavy (non-hydrogen) atoms. The van der Waals surface area contributed by atoms with Crippen LogP contribution in [0, 0.1) is 11.3 Å². The number of ether oxygens (including phenoxy) is 2. The molecule has 1 amide bonds. The van der Waals surface area contributed by atoms with Crippen LogP contribution in [-0.4, -0.2) is 16.1 Å². The molecule has 168 valence electrons. The first-order chi connectivity index (χ1) is 16.7. The van der Waals surface area contributed by atoms with E-state index in [1.165, 1.54) is 22.9 Å². The van der Waals surface area contributed by atoms with Crippen LogP contribution < -0.4 is 14.8 Å². The largest absolute Gasteiger partial charge is 0.485 e. The van der Waals surface area contributed by atoms with Crippen molar-refractivity contribution in [3.8, 4) is 17.6 Å². The summed E-state index contributed by atoms with van der Waals surface area (Å²) >= 11 is 1.17. The first kappa shape index (κ1) is 22.7. The van der Waals surface area contributed by atoms with Crippen molar-refractivity contribution >= 4 is 28.5 Å². The second-order valence-electron chi connectivity index (χ2n) is 7.12. The number of carbonyl (C=O) groups excluding carboxylic acids is 1. The van der Waals surface area contributed by atoms with Crippen molar-refractivity contribution in [2.75, 3.05) is 5.32 Å². The van der Waals surface area contributed by atoms with Crippen molar-refractivity contribution < 1.29 is 14.3 Å². The van der Waals surface area contributed by atoms with Gasteiger partial charge in [0, 0.05) is 0 Å². The quantitative estimate of drug-likeness (QED) is 0.266. The lowest BCUT2D eigenvalue weighted by atomic mass is 10.1. The molecule has 0 atom stereocenters. The number of benzene rings is 3. The molecular formula is C26H20N4O3S. The van der Waals surface area contributed by atoms with Gasteiger partial charge in [-0.3, -0.25) is 10.1 Å². The van der Waals surface area contributed by atoms with Crippen molar-refractivity contribution in [2.45, 2.75) is 13.2 Å². The summed E-state index contributed by atoms with van der Waals surface area (Å²) < 4.78 is 12.1. The van der Waals surface area contributed by atoms with E-state index in [1.54, 1.807) is 18.2 Å². The number of nitriles is 1. The van der Waals surface area contributed by atoms with E-state index in [9.17, 15) is 10.1 Å². The van der Waals surface area contributed by atoms with Crippen molar-refractivity contribution in [2.24, 2.45) is 0 Å². The van der Waals surface area contributed by atoms with Gasteiger partial charge in [-0.05, 0) is 34.9 Å². The fourth-order valence-electron chi connectivity index (χ4n) is 3.02. The van der Waals surface area contributed by atoms with E-state index in [0.29, 0.717) is 35.4 Å². The zero-order valence-corrected chi connectivity index (χ0v) is 18.9. The smallest absolute Gasteiger partial charge is 0.268 e. The summed E-state index contributed by atoms with van der Waals surface area (Å²) in [7, 11) is 0. The highest BCUT2D eigenvalue weighted by atomic mass is 32.1. The van der Waals surface area contributed by atoms with Crippen molar-refractivity contribution in [3.63, 3.8) is 0 Å². The molecule has 4 aromatic rings. The van der Waals surface area contributed by atoms with Gasteiger partial charge in [-0.15, -0.1) is 10.2 Å². The molecule has 1 aromatic heterocycles. The van der Waals surface area contributed by atoms with Gasteiger partial charge in [0.15, 0.2) is 11.5 Å². The molecule has 3 aromatic carbocycles. The minimum absolute atomic E-state index is 0.0674. The van der Waals surface area contributed by atoms with Crippen LogP contribution in [0.1, 0.15) is 16.7 Å². The van der Waals surface area contributed by atoms with Crippen molar-refractivity contribution in [1.29, 1.82) is 5.26 Å². The number of rotatable bonds is 9. The third kappa shape index (κ3) is 6.28. The topological polar surface area (TPSA) is 97.1 Å². The standard InChI is InChI=1S/C26H20N4O3S/c27-15-22(25(31)29-26-30-28-18-34-26)13-21-11-12-23(32-16-19-7-3-1-4-8-19)24(14-21)33-17-20-9-5-2-6-10-20/h1-14,18H,16-17H2,(H,29,30,31)/b22-13+. The maximum absolute atomic E-state index is 12.4. The molecule has 0 aliphatic carbocycles. The second-order valence-corrected chi connectivity index (χ2v) is 7.96. The highest BCUT2D eigenvalue weighted by Crippen LogP contribution is 2.31. The molecule has 0 unspecified atom stereocenters. The van der Waals surface area contributed by atoms with Crippen LogP contribution in [0.3, 0.4) is 0 Å². The molecule has 1 N–H and O–H groups in total. The van der Waals surface area contributed by atoms with Gasteiger partial charge in [0.25, 0.3) is 5.91 Å². The normalized spacial score (nSPS) is 10.9. The summed E-state index contributed by atoms with van der Waals surface area (Å²) in [6.07, 6.45) is 1.49. The highest BCUT2D eigenvalue weighted by molar-refractivity contribution is 7.13. The Morgan fingerprint density at radius 3 is 2.18 bits per heavy atom. The number of hydrogen-bond donors (Lipinski definition) is 1. The zero-order chi connectivity index (χ0) is 23.6. The van der Waals surface area contributed by atoms with Gasteiger partial charge in [0.1, 0.15) is 30.4 Å². The average molecular weight is 469 g/mol. The lowest BCUT2D eigenvalue weighted by Gasteiger charge is -2.14. The number of amides is 1. The van der Waals surface area contributed by atoms with Gasteiger partial charge in [0.2, 0.25) is 5.13 Å². The average Bonchev–Trinajstić information content (AvgIpc) is 3.39. The van der Waals surface area contributed by atoms with E-state index in [1.807, 2.05) is 66.7 Å². The summed E-state index contributed by atoms with van der Waals surface area (Å²) in [5.41, 5.74) is 4.09. The van der Waals surface area contributed by atoms with Crippen molar-refractivity contribution in [3.05, 3.63) is 107 Å². The van der Waals surface area contributed by atoms with Crippen molar-refractivity contribution in [1.82, 2.24) is 10.2 Å². The minimum Gasteiger partial charge on any atom is -0.485 e. The molecule has 0 aliphatic heterocycles. The van der Waals surface area contributed by atoms with Crippen LogP contribution in [-0.2, 0) is 18.0 Å². The van der Waals surface area contributed by atoms with Crippen LogP contribution in [0.2, 0.25) is 0 Å². The Morgan fingerprint density at radius 1 is 0.941 bits per heavy atom. The molecule has 0 saturated heterocycles. The van der Waals surface area contributed by atoms with Gasteiger partial charge in [-0.25, -0.2) is 0 Å². The number of hydrogen-bond acceptors (Lipinski definition) is 7. The minimum atomic E-state index is -0.560. The molecular weight excluding hydrogens is 448 g/mol. The highest BCUT2D eigenvalue weighted by Gasteiger charge is 2.13. The number of carbonyl (C=O) groups is 1.